The van der Waals surface area contributed by atoms with Crippen LogP contribution in [-0.4, -0.2) is 51.3 Å². The van der Waals surface area contributed by atoms with Crippen molar-refractivity contribution in [1.82, 2.24) is 0 Å². The quantitative estimate of drug-likeness (QED) is 0.780. The summed E-state index contributed by atoms with van der Waals surface area (Å²) in [6, 6.07) is 10.0. The number of hydrogen-bond acceptors (Lipinski definition) is 5. The van der Waals surface area contributed by atoms with E-state index in [4.69, 9.17) is 9.47 Å². The molecule has 0 bridgehead atoms. The van der Waals surface area contributed by atoms with Crippen molar-refractivity contribution in [2.75, 3.05) is 40.0 Å². The smallest absolute Gasteiger partial charge is 0.166 e. The van der Waals surface area contributed by atoms with E-state index in [1.54, 1.807) is 30.7 Å². The molecule has 0 amide bonds. The number of benzene rings is 1. The average molecular weight is 347 g/mol. The Labute approximate surface area is 146 Å². The highest BCUT2D eigenvalue weighted by Crippen LogP contribution is 2.28. The molecule has 1 aromatic heterocycles. The monoisotopic (exact) mass is 347 g/mol. The van der Waals surface area contributed by atoms with E-state index in [0.717, 1.165) is 26.3 Å². The Morgan fingerprint density at radius 2 is 2.17 bits per heavy atom. The number of nitrogens with one attached hydrogen (secondary N) is 1. The van der Waals surface area contributed by atoms with Gasteiger partial charge in [0.2, 0.25) is 0 Å². The van der Waals surface area contributed by atoms with E-state index in [2.05, 4.69) is 22.5 Å². The summed E-state index contributed by atoms with van der Waals surface area (Å²) in [6.07, 6.45) is 1.73. The summed E-state index contributed by atoms with van der Waals surface area (Å²) in [5, 5.41) is 12.3. The van der Waals surface area contributed by atoms with Crippen LogP contribution in [0.2, 0.25) is 0 Å². The minimum Gasteiger partial charge on any atom is -0.504 e. The molecule has 0 radical (unpaired) electrons. The second-order valence-corrected chi connectivity index (χ2v) is 6.71. The summed E-state index contributed by atoms with van der Waals surface area (Å²) in [5.74, 6) is 0.600. The van der Waals surface area contributed by atoms with E-state index in [9.17, 15) is 5.11 Å². The number of rotatable bonds is 6. The van der Waals surface area contributed by atoms with Crippen molar-refractivity contribution < 1.29 is 19.5 Å². The van der Waals surface area contributed by atoms with Gasteiger partial charge in [-0.25, -0.2) is 0 Å². The van der Waals surface area contributed by atoms with Gasteiger partial charge in [0.15, 0.2) is 11.5 Å². The zero-order chi connectivity index (χ0) is 16.8. The lowest BCUT2D eigenvalue weighted by Crippen LogP contribution is -3.14. The van der Waals surface area contributed by atoms with Gasteiger partial charge in [0, 0.05) is 11.8 Å². The topological polar surface area (TPSA) is 55.5 Å². The molecule has 0 unspecified atom stereocenters. The van der Waals surface area contributed by atoms with E-state index in [0.29, 0.717) is 23.9 Å². The minimum absolute atomic E-state index is 0.134. The van der Waals surface area contributed by atoms with Gasteiger partial charge in [0.25, 0.3) is 0 Å². The molecule has 0 aliphatic carbocycles. The zero-order valence-corrected chi connectivity index (χ0v) is 14.6. The molecule has 5 nitrogen and oxygen atoms in total. The molecule has 1 aromatic carbocycles. The third-order valence-electron chi connectivity index (χ3n) is 4.28. The highest BCUT2D eigenvalue weighted by Gasteiger charge is 2.26. The van der Waals surface area contributed by atoms with Gasteiger partial charge in [0.1, 0.15) is 19.1 Å². The number of nitrogens with zero attached hydrogens (tertiary/aromatic N) is 1. The van der Waals surface area contributed by atoms with E-state index in [-0.39, 0.29) is 5.75 Å². The molecule has 6 heteroatoms. The first-order valence-corrected chi connectivity index (χ1v) is 8.99. The van der Waals surface area contributed by atoms with Crippen molar-refractivity contribution >= 4 is 17.6 Å². The molecule has 128 valence electrons. The maximum Gasteiger partial charge on any atom is 0.166 e. The fourth-order valence-corrected chi connectivity index (χ4v) is 3.83. The second-order valence-electron chi connectivity index (χ2n) is 5.73. The van der Waals surface area contributed by atoms with Gasteiger partial charge < -0.3 is 19.5 Å². The Morgan fingerprint density at radius 1 is 1.33 bits per heavy atom. The minimum atomic E-state index is 0.134. The van der Waals surface area contributed by atoms with Crippen LogP contribution in [0, 0.1) is 0 Å². The summed E-state index contributed by atoms with van der Waals surface area (Å²) >= 11 is 1.78. The largest absolute Gasteiger partial charge is 0.504 e. The fourth-order valence-electron chi connectivity index (χ4n) is 2.96. The molecule has 1 aliphatic heterocycles. The Hall–Kier alpha value is -1.89. The van der Waals surface area contributed by atoms with Crippen molar-refractivity contribution in [2.24, 2.45) is 4.99 Å². The van der Waals surface area contributed by atoms with Crippen LogP contribution in [0.25, 0.3) is 0 Å². The first-order valence-electron chi connectivity index (χ1n) is 8.11. The van der Waals surface area contributed by atoms with Crippen molar-refractivity contribution in [3.05, 3.63) is 46.2 Å². The molecule has 1 aliphatic rings. The summed E-state index contributed by atoms with van der Waals surface area (Å²) in [7, 11) is 1.55. The van der Waals surface area contributed by atoms with E-state index in [1.165, 1.54) is 9.78 Å². The number of para-hydroxylation sites is 1. The molecule has 24 heavy (non-hydrogen) atoms. The van der Waals surface area contributed by atoms with Crippen molar-refractivity contribution in [3.8, 4) is 11.5 Å². The van der Waals surface area contributed by atoms with Gasteiger partial charge >= 0.3 is 0 Å². The van der Waals surface area contributed by atoms with Crippen LogP contribution in [-0.2, 0) is 4.74 Å². The number of methoxy groups -OCH3 is 1. The summed E-state index contributed by atoms with van der Waals surface area (Å²) < 4.78 is 10.6. The van der Waals surface area contributed by atoms with Crippen LogP contribution in [0.1, 0.15) is 16.5 Å². The third-order valence-corrected chi connectivity index (χ3v) is 5.27. The highest BCUT2D eigenvalue weighted by molar-refractivity contribution is 7.10. The molecule has 1 fully saturated rings. The Balaban J connectivity index is 1.73. The van der Waals surface area contributed by atoms with Crippen LogP contribution in [0.4, 0.5) is 0 Å². The molecule has 1 atom stereocenters. The van der Waals surface area contributed by atoms with Crippen LogP contribution in [0.3, 0.4) is 0 Å². The fraction of sp³-hybridized carbons (Fsp3) is 0.389. The number of aliphatic imine (C=N–C) groups is 1. The predicted octanol–water partition coefficient (Wildman–Crippen LogP) is 1.54. The number of phenolic OH excluding ortho intramolecular Hbond substituents is 1. The van der Waals surface area contributed by atoms with Gasteiger partial charge in [-0.05, 0) is 23.6 Å². The lowest BCUT2D eigenvalue weighted by Gasteiger charge is -2.30. The molecule has 0 spiro atoms. The van der Waals surface area contributed by atoms with Crippen LogP contribution >= 0.6 is 11.3 Å². The van der Waals surface area contributed by atoms with Gasteiger partial charge in [-0.1, -0.05) is 12.1 Å². The average Bonchev–Trinajstić information content (AvgIpc) is 3.15. The van der Waals surface area contributed by atoms with Crippen molar-refractivity contribution in [1.29, 1.82) is 0 Å². The van der Waals surface area contributed by atoms with Gasteiger partial charge in [-0.15, -0.1) is 11.3 Å². The maximum atomic E-state index is 10.2. The zero-order valence-electron chi connectivity index (χ0n) is 13.8. The number of phenols is 1. The Bertz CT molecular complexity index is 667. The lowest BCUT2D eigenvalue weighted by atomic mass is 10.1. The molecule has 0 saturated carbocycles. The summed E-state index contributed by atoms with van der Waals surface area (Å²) in [6.45, 7) is 4.30. The Kier molecular flexibility index (Phi) is 5.85. The van der Waals surface area contributed by atoms with E-state index in [1.807, 2.05) is 12.1 Å². The van der Waals surface area contributed by atoms with Crippen LogP contribution < -0.4 is 9.64 Å². The molecule has 3 rings (SSSR count). The normalized spacial score (nSPS) is 17.2. The molecule has 2 heterocycles. The summed E-state index contributed by atoms with van der Waals surface area (Å²) in [4.78, 5) is 7.47. The molecule has 1 saturated heterocycles. The van der Waals surface area contributed by atoms with Crippen LogP contribution in [0.15, 0.2) is 40.7 Å². The van der Waals surface area contributed by atoms with Gasteiger partial charge in [-0.2, -0.15) is 0 Å². The standard InChI is InChI=1S/C18H22N2O3S/c1-22-16-5-2-4-14(18(16)21)12-19-13-15(17-6-3-11-24-17)20-7-9-23-10-8-20/h2-6,11-12,15,21H,7-10,13H2,1H3/p+1/t15-/m0/s1. The highest BCUT2D eigenvalue weighted by atomic mass is 32.1. The number of thiophene rings is 1. The number of morpholine rings is 1. The van der Waals surface area contributed by atoms with Crippen LogP contribution in [0.5, 0.6) is 11.5 Å². The van der Waals surface area contributed by atoms with Gasteiger partial charge in [0.05, 0.1) is 31.7 Å². The van der Waals surface area contributed by atoms with E-state index >= 15 is 0 Å². The lowest BCUT2D eigenvalue weighted by molar-refractivity contribution is -0.937. The number of quaternary nitrogens is 1. The first kappa shape index (κ1) is 17.0. The number of aromatic hydroxyl groups is 1. The Morgan fingerprint density at radius 3 is 2.88 bits per heavy atom. The number of hydrogen-bond donors (Lipinski definition) is 2. The molecule has 2 aromatic rings. The number of ether oxygens (including phenoxy) is 2. The SMILES string of the molecule is COc1cccc(C=NC[C@@H](c2cccs2)[NH+]2CCOCC2)c1O. The first-order chi connectivity index (χ1) is 11.8. The molecular weight excluding hydrogens is 324 g/mol. The van der Waals surface area contributed by atoms with Gasteiger partial charge in [-0.3, -0.25) is 4.99 Å². The predicted molar refractivity (Wildman–Crippen MR) is 95.7 cm³/mol. The summed E-state index contributed by atoms with van der Waals surface area (Å²) in [5.41, 5.74) is 0.677. The van der Waals surface area contributed by atoms with Crippen molar-refractivity contribution in [2.45, 2.75) is 6.04 Å². The van der Waals surface area contributed by atoms with E-state index < -0.39 is 0 Å². The maximum absolute atomic E-state index is 10.2. The second kappa shape index (κ2) is 8.28. The third kappa shape index (κ3) is 3.95. The molecule has 2 N–H and O–H groups in total. The molecular formula is C18H23N2O3S+. The van der Waals surface area contributed by atoms with Crippen molar-refractivity contribution in [3.63, 3.8) is 0 Å².